The van der Waals surface area contributed by atoms with Crippen LogP contribution in [0.1, 0.15) is 35.7 Å². The number of hydrogen-bond donors (Lipinski definition) is 2. The largest absolute Gasteiger partial charge is 0.497 e. The van der Waals surface area contributed by atoms with E-state index in [1.807, 2.05) is 61.5 Å². The number of ether oxygens (including phenoxy) is 1. The van der Waals surface area contributed by atoms with Crippen molar-refractivity contribution in [1.82, 2.24) is 5.32 Å². The summed E-state index contributed by atoms with van der Waals surface area (Å²) in [7, 11) is 1.61. The van der Waals surface area contributed by atoms with E-state index in [9.17, 15) is 13.6 Å². The monoisotopic (exact) mass is 411 g/mol. The Kier molecular flexibility index (Phi) is 7.14. The summed E-state index contributed by atoms with van der Waals surface area (Å²) >= 11 is 0. The van der Waals surface area contributed by atoms with Crippen LogP contribution in [-0.4, -0.2) is 19.6 Å². The maximum Gasteiger partial charge on any atom is 0.275 e. The van der Waals surface area contributed by atoms with Crippen LogP contribution in [0.25, 0.3) is 0 Å². The smallest absolute Gasteiger partial charge is 0.275 e. The summed E-state index contributed by atoms with van der Waals surface area (Å²) in [6.45, 7) is 2.00. The normalized spacial score (nSPS) is 12.8. The molecule has 3 N–H and O–H groups in total. The molecule has 0 saturated carbocycles. The number of nitrogens with two attached hydrogens (primary N) is 1. The van der Waals surface area contributed by atoms with Crippen LogP contribution in [0.2, 0.25) is 0 Å². The van der Waals surface area contributed by atoms with Crippen molar-refractivity contribution in [3.8, 4) is 5.75 Å². The lowest BCUT2D eigenvalue weighted by Crippen LogP contribution is -2.87. The van der Waals surface area contributed by atoms with Crippen molar-refractivity contribution >= 4 is 5.91 Å². The Bertz CT molecular complexity index is 978. The second-order valence-electron chi connectivity index (χ2n) is 7.09. The number of nitrogens with one attached hydrogen (secondary N) is 1. The predicted molar refractivity (Wildman–Crippen MR) is 111 cm³/mol. The Morgan fingerprint density at radius 1 is 0.933 bits per heavy atom. The zero-order valence-electron chi connectivity index (χ0n) is 16.9. The number of carbonyl (C=O) groups is 1. The summed E-state index contributed by atoms with van der Waals surface area (Å²) in [5, 5.41) is 4.86. The van der Waals surface area contributed by atoms with Gasteiger partial charge in [-0.3, -0.25) is 4.79 Å². The third kappa shape index (κ3) is 5.42. The molecular weight excluding hydrogens is 386 g/mol. The number of hydrogen-bond acceptors (Lipinski definition) is 2. The zero-order valence-corrected chi connectivity index (χ0v) is 16.9. The predicted octanol–water partition coefficient (Wildman–Crippen LogP) is 3.50. The summed E-state index contributed by atoms with van der Waals surface area (Å²) in [4.78, 5) is 12.7. The molecule has 0 unspecified atom stereocenters. The molecule has 0 fully saturated rings. The lowest BCUT2D eigenvalue weighted by Gasteiger charge is -2.20. The van der Waals surface area contributed by atoms with E-state index in [0.29, 0.717) is 5.56 Å². The molecule has 0 aliphatic carbocycles. The Balaban J connectivity index is 1.69. The Morgan fingerprint density at radius 3 is 2.20 bits per heavy atom. The first-order valence-electron chi connectivity index (χ1n) is 9.74. The van der Waals surface area contributed by atoms with Crippen LogP contribution >= 0.6 is 0 Å². The van der Waals surface area contributed by atoms with Crippen molar-refractivity contribution in [2.75, 3.05) is 13.7 Å². The third-order valence-electron chi connectivity index (χ3n) is 5.01. The van der Waals surface area contributed by atoms with E-state index >= 15 is 0 Å². The molecule has 0 saturated heterocycles. The molecule has 30 heavy (non-hydrogen) atoms. The fourth-order valence-electron chi connectivity index (χ4n) is 3.24. The first-order valence-corrected chi connectivity index (χ1v) is 9.74. The molecule has 2 atom stereocenters. The highest BCUT2D eigenvalue weighted by Crippen LogP contribution is 2.24. The van der Waals surface area contributed by atoms with Crippen LogP contribution in [0.3, 0.4) is 0 Å². The van der Waals surface area contributed by atoms with Gasteiger partial charge in [-0.05, 0) is 48.4 Å². The quantitative estimate of drug-likeness (QED) is 0.596. The van der Waals surface area contributed by atoms with Crippen LogP contribution in [-0.2, 0) is 4.79 Å². The molecule has 1 amide bonds. The molecule has 3 aromatic rings. The second-order valence-corrected chi connectivity index (χ2v) is 7.09. The molecule has 6 heteroatoms. The first kappa shape index (κ1) is 21.5. The van der Waals surface area contributed by atoms with Crippen LogP contribution in [0.5, 0.6) is 5.75 Å². The summed E-state index contributed by atoms with van der Waals surface area (Å²) in [5.41, 5.74) is 2.52. The van der Waals surface area contributed by atoms with E-state index in [1.165, 1.54) is 12.1 Å². The van der Waals surface area contributed by atoms with E-state index in [4.69, 9.17) is 4.74 Å². The molecule has 4 nitrogen and oxygen atoms in total. The molecule has 0 bridgehead atoms. The average Bonchev–Trinajstić information content (AvgIpc) is 2.78. The maximum absolute atomic E-state index is 13.5. The lowest BCUT2D eigenvalue weighted by molar-refractivity contribution is -0.682. The van der Waals surface area contributed by atoms with Gasteiger partial charge in [0, 0.05) is 5.56 Å². The maximum atomic E-state index is 13.5. The van der Waals surface area contributed by atoms with Crippen LogP contribution < -0.4 is 15.4 Å². The summed E-state index contributed by atoms with van der Waals surface area (Å²) < 4.78 is 31.8. The fraction of sp³-hybridized carbons (Fsp3) is 0.208. The van der Waals surface area contributed by atoms with Gasteiger partial charge in [-0.25, -0.2) is 8.78 Å². The Hall–Kier alpha value is -3.25. The highest BCUT2D eigenvalue weighted by Gasteiger charge is 2.19. The van der Waals surface area contributed by atoms with Gasteiger partial charge in [0.25, 0.3) is 5.91 Å². The van der Waals surface area contributed by atoms with Crippen molar-refractivity contribution in [3.63, 3.8) is 0 Å². The minimum atomic E-state index is -0.888. The number of quaternary nitrogens is 1. The van der Waals surface area contributed by atoms with Gasteiger partial charge in [0.1, 0.15) is 11.8 Å². The van der Waals surface area contributed by atoms with E-state index in [-0.39, 0.29) is 24.5 Å². The highest BCUT2D eigenvalue weighted by atomic mass is 19.2. The van der Waals surface area contributed by atoms with Crippen molar-refractivity contribution in [2.45, 2.75) is 19.0 Å². The molecular formula is C24H25F2N2O2+. The van der Waals surface area contributed by atoms with Crippen LogP contribution in [0.15, 0.2) is 72.8 Å². The number of rotatable bonds is 8. The van der Waals surface area contributed by atoms with E-state index in [0.717, 1.165) is 22.9 Å². The van der Waals surface area contributed by atoms with Gasteiger partial charge in [0.05, 0.1) is 13.2 Å². The molecule has 3 rings (SSSR count). The summed E-state index contributed by atoms with van der Waals surface area (Å²) in [6, 6.07) is 20.5. The standard InChI is InChI=1S/C24H24F2N2O2/c1-16(19-10-13-21(25)22(26)14-19)27-15-23(29)28-24(17-6-4-3-5-7-17)18-8-11-20(30-2)12-9-18/h3-14,16,24,27H,15H2,1-2H3,(H,28,29)/p+1/t16-,24+/m1/s1. The molecule has 0 spiro atoms. The zero-order chi connectivity index (χ0) is 21.5. The van der Waals surface area contributed by atoms with E-state index in [2.05, 4.69) is 5.32 Å². The van der Waals surface area contributed by atoms with Gasteiger partial charge in [-0.1, -0.05) is 42.5 Å². The fourth-order valence-corrected chi connectivity index (χ4v) is 3.24. The number of methoxy groups -OCH3 is 1. The van der Waals surface area contributed by atoms with Gasteiger partial charge in [0.15, 0.2) is 18.2 Å². The minimum Gasteiger partial charge on any atom is -0.497 e. The minimum absolute atomic E-state index is 0.152. The summed E-state index contributed by atoms with van der Waals surface area (Å²) in [6.07, 6.45) is 0. The molecule has 0 radical (unpaired) electrons. The molecule has 0 aliphatic heterocycles. The van der Waals surface area contributed by atoms with Crippen LogP contribution in [0.4, 0.5) is 8.78 Å². The van der Waals surface area contributed by atoms with Crippen molar-refractivity contribution in [2.24, 2.45) is 0 Å². The van der Waals surface area contributed by atoms with Gasteiger partial charge in [-0.15, -0.1) is 0 Å². The van der Waals surface area contributed by atoms with Gasteiger partial charge in [-0.2, -0.15) is 0 Å². The van der Waals surface area contributed by atoms with Gasteiger partial charge >= 0.3 is 0 Å². The number of benzene rings is 3. The Morgan fingerprint density at radius 2 is 1.57 bits per heavy atom. The van der Waals surface area contributed by atoms with Crippen molar-refractivity contribution in [1.29, 1.82) is 0 Å². The highest BCUT2D eigenvalue weighted by molar-refractivity contribution is 5.77. The average molecular weight is 411 g/mol. The molecule has 156 valence electrons. The van der Waals surface area contributed by atoms with E-state index < -0.39 is 11.6 Å². The number of halogens is 2. The molecule has 0 aliphatic rings. The van der Waals surface area contributed by atoms with Crippen molar-refractivity contribution in [3.05, 3.63) is 101 Å². The van der Waals surface area contributed by atoms with Gasteiger partial charge in [0.2, 0.25) is 0 Å². The number of carbonyl (C=O) groups excluding carboxylic acids is 1. The Labute approximate surface area is 174 Å². The lowest BCUT2D eigenvalue weighted by atomic mass is 9.98. The molecule has 3 aromatic carbocycles. The second kappa shape index (κ2) is 9.98. The third-order valence-corrected chi connectivity index (χ3v) is 5.01. The molecule has 0 heterocycles. The topological polar surface area (TPSA) is 54.9 Å². The van der Waals surface area contributed by atoms with E-state index in [1.54, 1.807) is 12.4 Å². The number of amides is 1. The SMILES string of the molecule is COc1ccc([C@@H](NC(=O)C[NH2+][C@H](C)c2ccc(F)c(F)c2)c2ccccc2)cc1. The van der Waals surface area contributed by atoms with Crippen LogP contribution in [0, 0.1) is 11.6 Å². The molecule has 0 aromatic heterocycles. The summed E-state index contributed by atoms with van der Waals surface area (Å²) in [5.74, 6) is -1.19. The van der Waals surface area contributed by atoms with Crippen molar-refractivity contribution < 1.29 is 23.6 Å². The first-order chi connectivity index (χ1) is 14.5. The van der Waals surface area contributed by atoms with Gasteiger partial charge < -0.3 is 15.4 Å².